The molecular weight excluding hydrogens is 262 g/mol. The molecule has 2 rings (SSSR count). The van der Waals surface area contributed by atoms with Gasteiger partial charge in [-0.1, -0.05) is 18.2 Å². The number of nitrogens with zero attached hydrogens (tertiary/aromatic N) is 3. The number of carbonyl (C=O) groups is 1. The van der Waals surface area contributed by atoms with Gasteiger partial charge in [0.05, 0.1) is 0 Å². The van der Waals surface area contributed by atoms with Crippen molar-refractivity contribution in [3.63, 3.8) is 0 Å². The molecule has 7 heteroatoms. The van der Waals surface area contributed by atoms with Crippen molar-refractivity contribution in [2.24, 2.45) is 5.73 Å². The molecule has 3 N–H and O–H groups in total. The molecule has 1 aromatic heterocycles. The van der Waals surface area contributed by atoms with Crippen molar-refractivity contribution in [1.82, 2.24) is 20.1 Å². The number of hydrogen-bond acceptors (Lipinski definition) is 5. The zero-order chi connectivity index (χ0) is 13.9. The lowest BCUT2D eigenvalue weighted by molar-refractivity contribution is -0.122. The Hall–Kier alpha value is -1.08. The second-order valence-corrected chi connectivity index (χ2v) is 6.04. The smallest absolute Gasteiger partial charge is 0.238 e. The van der Waals surface area contributed by atoms with Crippen molar-refractivity contribution in [3.8, 4) is 0 Å². The number of nitrogens with two attached hydrogens (primary N) is 1. The van der Waals surface area contributed by atoms with Crippen LogP contribution in [0, 0.1) is 0 Å². The first-order valence-corrected chi connectivity index (χ1v) is 7.59. The van der Waals surface area contributed by atoms with Crippen LogP contribution in [0.25, 0.3) is 0 Å². The van der Waals surface area contributed by atoms with Gasteiger partial charge < -0.3 is 15.6 Å². The van der Waals surface area contributed by atoms with Gasteiger partial charge in [-0.3, -0.25) is 4.79 Å². The maximum absolute atomic E-state index is 11.5. The number of aromatic nitrogens is 3. The van der Waals surface area contributed by atoms with Crippen molar-refractivity contribution < 1.29 is 4.79 Å². The van der Waals surface area contributed by atoms with E-state index in [0.29, 0.717) is 5.75 Å². The van der Waals surface area contributed by atoms with Crippen molar-refractivity contribution in [2.45, 2.75) is 49.8 Å². The normalized spacial score (nSPS) is 18.4. The number of aryl methyl sites for hydroxylation is 1. The lowest BCUT2D eigenvalue weighted by Gasteiger charge is -2.24. The molecule has 1 aliphatic heterocycles. The van der Waals surface area contributed by atoms with Crippen LogP contribution in [-0.2, 0) is 17.8 Å². The first-order valence-electron chi connectivity index (χ1n) is 6.60. The van der Waals surface area contributed by atoms with Crippen molar-refractivity contribution in [2.75, 3.05) is 12.8 Å². The fourth-order valence-electron chi connectivity index (χ4n) is 2.04. The Morgan fingerprint density at radius 3 is 2.95 bits per heavy atom. The van der Waals surface area contributed by atoms with Crippen LogP contribution < -0.4 is 11.1 Å². The molecule has 2 heterocycles. The molecule has 1 aromatic rings. The lowest BCUT2D eigenvalue weighted by atomic mass is 10.1. The summed E-state index contributed by atoms with van der Waals surface area (Å²) in [6, 6.07) is 0. The predicted octanol–water partition coefficient (Wildman–Crippen LogP) is 0.560. The molecule has 1 amide bonds. The van der Waals surface area contributed by atoms with Crippen LogP contribution in [0.1, 0.15) is 32.0 Å². The van der Waals surface area contributed by atoms with E-state index in [1.807, 2.05) is 6.92 Å². The number of likely N-dealkylation sites (N-methyl/N-ethyl adjacent to an activating group) is 1. The minimum Gasteiger partial charge on any atom is -0.368 e. The molecule has 1 atom stereocenters. The van der Waals surface area contributed by atoms with E-state index in [0.717, 1.165) is 30.4 Å². The number of nitrogens with one attached hydrogen (secondary N) is 1. The highest BCUT2D eigenvalue weighted by atomic mass is 32.2. The topological polar surface area (TPSA) is 85.8 Å². The van der Waals surface area contributed by atoms with Crippen LogP contribution in [0.2, 0.25) is 0 Å². The second kappa shape index (κ2) is 5.92. The number of primary amides is 1. The van der Waals surface area contributed by atoms with Crippen molar-refractivity contribution in [1.29, 1.82) is 0 Å². The van der Waals surface area contributed by atoms with E-state index >= 15 is 0 Å². The molecule has 1 aliphatic rings. The summed E-state index contributed by atoms with van der Waals surface area (Å²) < 4.78 is 2.18. The van der Waals surface area contributed by atoms with Crippen LogP contribution >= 0.6 is 11.8 Å². The second-order valence-electron chi connectivity index (χ2n) is 5.10. The Labute approximate surface area is 117 Å². The monoisotopic (exact) mass is 283 g/mol. The highest BCUT2D eigenvalue weighted by Gasteiger charge is 2.30. The minimum atomic E-state index is -0.720. The zero-order valence-corrected chi connectivity index (χ0v) is 12.3. The first-order chi connectivity index (χ1) is 9.07. The van der Waals surface area contributed by atoms with E-state index in [1.165, 1.54) is 24.6 Å². The molecule has 0 fully saturated rings. The Morgan fingerprint density at radius 1 is 1.47 bits per heavy atom. The molecule has 0 aliphatic carbocycles. The number of fused-ring (bicyclic) bond motifs is 1. The van der Waals surface area contributed by atoms with Crippen LogP contribution in [0.15, 0.2) is 5.16 Å². The van der Waals surface area contributed by atoms with E-state index in [2.05, 4.69) is 20.1 Å². The summed E-state index contributed by atoms with van der Waals surface area (Å²) in [6.07, 6.45) is 4.58. The molecule has 0 saturated carbocycles. The summed E-state index contributed by atoms with van der Waals surface area (Å²) in [4.78, 5) is 11.5. The number of thioether (sulfide) groups is 1. The zero-order valence-electron chi connectivity index (χ0n) is 11.5. The van der Waals surface area contributed by atoms with Crippen LogP contribution in [-0.4, -0.2) is 39.0 Å². The molecular formula is C12H21N5OS. The van der Waals surface area contributed by atoms with Crippen LogP contribution in [0.3, 0.4) is 0 Å². The van der Waals surface area contributed by atoms with Gasteiger partial charge in [-0.15, -0.1) is 10.2 Å². The number of amides is 1. The van der Waals surface area contributed by atoms with Gasteiger partial charge in [0.1, 0.15) is 11.4 Å². The third-order valence-electron chi connectivity index (χ3n) is 3.66. The maximum Gasteiger partial charge on any atom is 0.238 e. The van der Waals surface area contributed by atoms with Crippen LogP contribution in [0.4, 0.5) is 0 Å². The molecule has 0 spiro atoms. The largest absolute Gasteiger partial charge is 0.368 e. The highest BCUT2D eigenvalue weighted by Crippen LogP contribution is 2.24. The summed E-state index contributed by atoms with van der Waals surface area (Å²) in [5.41, 5.74) is 4.71. The summed E-state index contributed by atoms with van der Waals surface area (Å²) in [6.45, 7) is 2.78. The standard InChI is InChI=1S/C12H21N5OS/c1-12(14-2,10(13)18)8-19-11-16-15-9-6-4-3-5-7-17(9)11/h14H,3-8H2,1-2H3,(H2,13,18). The molecule has 0 bridgehead atoms. The summed E-state index contributed by atoms with van der Waals surface area (Å²) >= 11 is 1.54. The van der Waals surface area contributed by atoms with E-state index in [4.69, 9.17) is 5.73 Å². The van der Waals surface area contributed by atoms with Gasteiger partial charge in [0.2, 0.25) is 5.91 Å². The lowest BCUT2D eigenvalue weighted by Crippen LogP contribution is -2.53. The summed E-state index contributed by atoms with van der Waals surface area (Å²) in [5.74, 6) is 1.26. The van der Waals surface area contributed by atoms with Crippen molar-refractivity contribution in [3.05, 3.63) is 5.82 Å². The van der Waals surface area contributed by atoms with Crippen molar-refractivity contribution >= 4 is 17.7 Å². The Bertz CT molecular complexity index is 461. The molecule has 1 unspecified atom stereocenters. The Morgan fingerprint density at radius 2 is 2.26 bits per heavy atom. The number of carbonyl (C=O) groups excluding carboxylic acids is 1. The molecule has 6 nitrogen and oxygen atoms in total. The third kappa shape index (κ3) is 3.09. The van der Waals surface area contributed by atoms with E-state index in [9.17, 15) is 4.79 Å². The fourth-order valence-corrected chi connectivity index (χ4v) is 3.20. The van der Waals surface area contributed by atoms with E-state index < -0.39 is 5.54 Å². The highest BCUT2D eigenvalue weighted by molar-refractivity contribution is 7.99. The minimum absolute atomic E-state index is 0.349. The summed E-state index contributed by atoms with van der Waals surface area (Å²) in [5, 5.41) is 12.3. The first kappa shape index (κ1) is 14.3. The molecule has 0 aromatic carbocycles. The molecule has 0 saturated heterocycles. The predicted molar refractivity (Wildman–Crippen MR) is 75.0 cm³/mol. The molecule has 19 heavy (non-hydrogen) atoms. The molecule has 106 valence electrons. The van der Waals surface area contributed by atoms with Gasteiger partial charge in [-0.25, -0.2) is 0 Å². The number of hydrogen-bond donors (Lipinski definition) is 2. The van der Waals surface area contributed by atoms with Gasteiger partial charge >= 0.3 is 0 Å². The maximum atomic E-state index is 11.5. The van der Waals surface area contributed by atoms with E-state index in [1.54, 1.807) is 7.05 Å². The van der Waals surface area contributed by atoms with Crippen LogP contribution in [0.5, 0.6) is 0 Å². The van der Waals surface area contributed by atoms with Gasteiger partial charge in [0, 0.05) is 18.7 Å². The quantitative estimate of drug-likeness (QED) is 0.771. The average molecular weight is 283 g/mol. The van der Waals surface area contributed by atoms with E-state index in [-0.39, 0.29) is 5.91 Å². The third-order valence-corrected chi connectivity index (χ3v) is 4.94. The molecule has 0 radical (unpaired) electrons. The van der Waals surface area contributed by atoms with Gasteiger partial charge in [-0.05, 0) is 26.8 Å². The Balaban J connectivity index is 2.08. The van der Waals surface area contributed by atoms with Gasteiger partial charge in [0.15, 0.2) is 5.16 Å². The SMILES string of the molecule is CNC(C)(CSc1nnc2n1CCCCC2)C(N)=O. The fraction of sp³-hybridized carbons (Fsp3) is 0.750. The Kier molecular flexibility index (Phi) is 4.46. The number of rotatable bonds is 5. The van der Waals surface area contributed by atoms with Gasteiger partial charge in [-0.2, -0.15) is 0 Å². The van der Waals surface area contributed by atoms with Gasteiger partial charge in [0.25, 0.3) is 0 Å². The average Bonchev–Trinajstić information content (AvgIpc) is 2.63. The summed E-state index contributed by atoms with van der Waals surface area (Å²) in [7, 11) is 1.75.